The van der Waals surface area contributed by atoms with Crippen LogP contribution in [0, 0.1) is 0 Å². The molecule has 1 saturated heterocycles. The van der Waals surface area contributed by atoms with Gasteiger partial charge in [0, 0.05) is 6.61 Å². The molecule has 1 aliphatic heterocycles. The van der Waals surface area contributed by atoms with Gasteiger partial charge in [-0.2, -0.15) is 0 Å². The molecule has 0 aromatic carbocycles. The Morgan fingerprint density at radius 2 is 2.22 bits per heavy atom. The van der Waals surface area contributed by atoms with E-state index in [9.17, 15) is 4.57 Å². The van der Waals surface area contributed by atoms with Crippen LogP contribution >= 0.6 is 7.60 Å². The predicted molar refractivity (Wildman–Crippen MR) is 31.3 cm³/mol. The average Bonchev–Trinajstić information content (AvgIpc) is 2.08. The zero-order chi connectivity index (χ0) is 6.91. The fourth-order valence-corrected chi connectivity index (χ4v) is 1.53. The van der Waals surface area contributed by atoms with Crippen molar-refractivity contribution in [2.75, 3.05) is 13.2 Å². The van der Waals surface area contributed by atoms with Gasteiger partial charge in [0.2, 0.25) is 0 Å². The molecular formula is C4H9O4P. The molecule has 1 rings (SSSR count). The molecule has 0 spiro atoms. The maximum absolute atomic E-state index is 10.4. The van der Waals surface area contributed by atoms with Gasteiger partial charge in [0.25, 0.3) is 0 Å². The van der Waals surface area contributed by atoms with E-state index in [1.165, 1.54) is 0 Å². The third-order valence-corrected chi connectivity index (χ3v) is 2.74. The summed E-state index contributed by atoms with van der Waals surface area (Å²) in [4.78, 5) is 17.1. The van der Waals surface area contributed by atoms with Crippen LogP contribution in [-0.4, -0.2) is 28.7 Å². The second-order valence-electron chi connectivity index (χ2n) is 2.11. The van der Waals surface area contributed by atoms with Crippen molar-refractivity contribution < 1.29 is 19.1 Å². The van der Waals surface area contributed by atoms with Crippen LogP contribution in [0.1, 0.15) is 6.42 Å². The summed E-state index contributed by atoms with van der Waals surface area (Å²) in [7, 11) is -3.84. The van der Waals surface area contributed by atoms with Gasteiger partial charge in [-0.3, -0.25) is 4.57 Å². The lowest BCUT2D eigenvalue weighted by Crippen LogP contribution is -2.06. The fourth-order valence-electron chi connectivity index (χ4n) is 0.787. The summed E-state index contributed by atoms with van der Waals surface area (Å²) < 4.78 is 15.2. The van der Waals surface area contributed by atoms with Crippen molar-refractivity contribution in [3.63, 3.8) is 0 Å². The lowest BCUT2D eigenvalue weighted by molar-refractivity contribution is 0.196. The van der Waals surface area contributed by atoms with E-state index in [1.54, 1.807) is 0 Å². The Bertz CT molecular complexity index is 134. The maximum atomic E-state index is 10.4. The van der Waals surface area contributed by atoms with E-state index in [1.807, 2.05) is 0 Å². The van der Waals surface area contributed by atoms with Crippen molar-refractivity contribution in [3.05, 3.63) is 0 Å². The highest BCUT2D eigenvalue weighted by molar-refractivity contribution is 7.52. The third kappa shape index (κ3) is 1.76. The molecule has 1 atom stereocenters. The molecule has 0 amide bonds. The molecule has 9 heavy (non-hydrogen) atoms. The van der Waals surface area contributed by atoms with E-state index in [2.05, 4.69) is 0 Å². The van der Waals surface area contributed by atoms with Gasteiger partial charge < -0.3 is 14.5 Å². The van der Waals surface area contributed by atoms with Crippen LogP contribution in [0.5, 0.6) is 0 Å². The summed E-state index contributed by atoms with van der Waals surface area (Å²) in [5, 5.41) is 0. The Hall–Kier alpha value is 0.110. The first-order chi connectivity index (χ1) is 4.11. The summed E-state index contributed by atoms with van der Waals surface area (Å²) in [6.45, 7) is 0.694. The Kier molecular flexibility index (Phi) is 1.91. The van der Waals surface area contributed by atoms with Gasteiger partial charge in [-0.05, 0) is 6.42 Å². The largest absolute Gasteiger partial charge is 0.380 e. The van der Waals surface area contributed by atoms with E-state index in [4.69, 9.17) is 14.5 Å². The molecule has 54 valence electrons. The molecule has 0 aliphatic carbocycles. The average molecular weight is 152 g/mol. The summed E-state index contributed by atoms with van der Waals surface area (Å²) in [6, 6.07) is 0. The van der Waals surface area contributed by atoms with Gasteiger partial charge in [0.05, 0.1) is 12.3 Å². The lowest BCUT2D eigenvalue weighted by atomic mass is 10.4. The zero-order valence-electron chi connectivity index (χ0n) is 4.86. The highest BCUT2D eigenvalue weighted by Crippen LogP contribution is 2.44. The van der Waals surface area contributed by atoms with E-state index >= 15 is 0 Å². The topological polar surface area (TPSA) is 66.8 Å². The highest BCUT2D eigenvalue weighted by Gasteiger charge is 2.31. The zero-order valence-corrected chi connectivity index (χ0v) is 5.75. The second kappa shape index (κ2) is 2.39. The van der Waals surface area contributed by atoms with Gasteiger partial charge in [0.15, 0.2) is 0 Å². The first-order valence-electron chi connectivity index (χ1n) is 2.73. The molecule has 2 N–H and O–H groups in total. The molecule has 1 heterocycles. The predicted octanol–water partition coefficient (Wildman–Crippen LogP) is -0.0470. The van der Waals surface area contributed by atoms with E-state index in [-0.39, 0.29) is 6.61 Å². The number of hydrogen-bond acceptors (Lipinski definition) is 2. The molecule has 0 radical (unpaired) electrons. The molecule has 4 nitrogen and oxygen atoms in total. The molecule has 1 aliphatic rings. The van der Waals surface area contributed by atoms with Crippen molar-refractivity contribution >= 4 is 7.60 Å². The Balaban J connectivity index is 2.52. The van der Waals surface area contributed by atoms with Crippen molar-refractivity contribution in [2.45, 2.75) is 12.1 Å². The van der Waals surface area contributed by atoms with Gasteiger partial charge in [-0.15, -0.1) is 0 Å². The SMILES string of the molecule is O=P(O)(O)C1CCOC1. The van der Waals surface area contributed by atoms with Crippen LogP contribution in [0.3, 0.4) is 0 Å². The van der Waals surface area contributed by atoms with Crippen LogP contribution in [0.25, 0.3) is 0 Å². The quantitative estimate of drug-likeness (QED) is 0.517. The molecule has 0 aromatic heterocycles. The summed E-state index contributed by atoms with van der Waals surface area (Å²) in [5.41, 5.74) is -0.544. The molecular weight excluding hydrogens is 143 g/mol. The minimum absolute atomic E-state index is 0.213. The summed E-state index contributed by atoms with van der Waals surface area (Å²) >= 11 is 0. The smallest absolute Gasteiger partial charge is 0.331 e. The van der Waals surface area contributed by atoms with Crippen molar-refractivity contribution in [2.24, 2.45) is 0 Å². The first-order valence-corrected chi connectivity index (χ1v) is 4.42. The highest BCUT2D eigenvalue weighted by atomic mass is 31.2. The number of rotatable bonds is 1. The van der Waals surface area contributed by atoms with Crippen LogP contribution in [-0.2, 0) is 9.30 Å². The third-order valence-electron chi connectivity index (χ3n) is 1.38. The van der Waals surface area contributed by atoms with Gasteiger partial charge >= 0.3 is 7.60 Å². The van der Waals surface area contributed by atoms with Crippen molar-refractivity contribution in [3.8, 4) is 0 Å². The van der Waals surface area contributed by atoms with E-state index in [0.717, 1.165) is 0 Å². The summed E-state index contributed by atoms with van der Waals surface area (Å²) in [6.07, 6.45) is 0.490. The van der Waals surface area contributed by atoms with Crippen LogP contribution in [0.4, 0.5) is 0 Å². The van der Waals surface area contributed by atoms with Gasteiger partial charge in [-0.25, -0.2) is 0 Å². The molecule has 0 aromatic rings. The minimum Gasteiger partial charge on any atom is -0.380 e. The molecule has 0 bridgehead atoms. The lowest BCUT2D eigenvalue weighted by Gasteiger charge is -2.07. The second-order valence-corrected chi connectivity index (χ2v) is 4.01. The molecule has 5 heteroatoms. The standard InChI is InChI=1S/C4H9O4P/c5-9(6,7)4-1-2-8-3-4/h4H,1-3H2,(H2,5,6,7). The Labute approximate surface area is 53.0 Å². The van der Waals surface area contributed by atoms with Crippen LogP contribution < -0.4 is 0 Å². The van der Waals surface area contributed by atoms with E-state index in [0.29, 0.717) is 13.0 Å². The number of ether oxygens (including phenoxy) is 1. The Morgan fingerprint density at radius 3 is 2.44 bits per heavy atom. The van der Waals surface area contributed by atoms with E-state index < -0.39 is 13.3 Å². The van der Waals surface area contributed by atoms with Crippen molar-refractivity contribution in [1.82, 2.24) is 0 Å². The van der Waals surface area contributed by atoms with Crippen LogP contribution in [0.15, 0.2) is 0 Å². The Morgan fingerprint density at radius 1 is 1.56 bits per heavy atom. The van der Waals surface area contributed by atoms with Crippen molar-refractivity contribution in [1.29, 1.82) is 0 Å². The fraction of sp³-hybridized carbons (Fsp3) is 1.00. The summed E-state index contributed by atoms with van der Waals surface area (Å²) in [5.74, 6) is 0. The van der Waals surface area contributed by atoms with Gasteiger partial charge in [-0.1, -0.05) is 0 Å². The monoisotopic (exact) mass is 152 g/mol. The molecule has 1 unspecified atom stereocenters. The maximum Gasteiger partial charge on any atom is 0.331 e. The number of hydrogen-bond donors (Lipinski definition) is 2. The normalized spacial score (nSPS) is 28.9. The van der Waals surface area contributed by atoms with Gasteiger partial charge in [0.1, 0.15) is 0 Å². The van der Waals surface area contributed by atoms with Crippen LogP contribution in [0.2, 0.25) is 0 Å². The first kappa shape index (κ1) is 7.22. The molecule has 0 saturated carbocycles. The molecule has 1 fully saturated rings. The minimum atomic E-state index is -3.84.